The fourth-order valence-electron chi connectivity index (χ4n) is 10.6. The van der Waals surface area contributed by atoms with Gasteiger partial charge in [-0.3, -0.25) is 19.2 Å². The third-order valence-electron chi connectivity index (χ3n) is 14.0. The summed E-state index contributed by atoms with van der Waals surface area (Å²) < 4.78 is 23.7. The minimum atomic E-state index is -0.701. The molecule has 4 amide bonds. The molecule has 8 aliphatic rings. The molecule has 18 nitrogen and oxygen atoms in total. The van der Waals surface area contributed by atoms with Gasteiger partial charge in [0.15, 0.2) is 0 Å². The molecule has 8 atom stereocenters. The maximum absolute atomic E-state index is 12.2. The summed E-state index contributed by atoms with van der Waals surface area (Å²) in [6.07, 6.45) is 2.76. The molecule has 0 saturated carbocycles. The van der Waals surface area contributed by atoms with E-state index in [-0.39, 0.29) is 48.4 Å². The molecule has 4 saturated heterocycles. The molecular formula is C48H48I2N10O8. The van der Waals surface area contributed by atoms with Crippen molar-refractivity contribution in [3.8, 4) is 0 Å². The molecule has 4 fully saturated rings. The van der Waals surface area contributed by atoms with Crippen LogP contribution in [0.5, 0.6) is 0 Å². The van der Waals surface area contributed by atoms with Gasteiger partial charge < -0.3 is 40.2 Å². The Labute approximate surface area is 418 Å². The molecule has 12 rings (SSSR count). The molecule has 4 N–H and O–H groups in total. The molecule has 8 unspecified atom stereocenters. The van der Waals surface area contributed by atoms with Crippen molar-refractivity contribution < 1.29 is 38.1 Å². The zero-order chi connectivity index (χ0) is 47.5. The molecule has 4 spiro atoms. The van der Waals surface area contributed by atoms with Gasteiger partial charge >= 0.3 is 0 Å². The Hall–Kier alpha value is -5.32. The van der Waals surface area contributed by atoms with Crippen LogP contribution in [0.2, 0.25) is 0 Å². The minimum absolute atomic E-state index is 0.0212. The number of benzene rings is 4. The average molecular weight is 1150 g/mol. The van der Waals surface area contributed by atoms with Gasteiger partial charge in [0.2, 0.25) is 23.6 Å². The van der Waals surface area contributed by atoms with E-state index in [1.165, 1.54) is 0 Å². The van der Waals surface area contributed by atoms with Crippen LogP contribution < -0.4 is 21.3 Å². The first kappa shape index (κ1) is 47.7. The van der Waals surface area contributed by atoms with Crippen LogP contribution in [0.15, 0.2) is 107 Å². The highest BCUT2D eigenvalue weighted by atomic mass is 127. The quantitative estimate of drug-likeness (QED) is 0.0509. The zero-order valence-electron chi connectivity index (χ0n) is 36.7. The van der Waals surface area contributed by atoms with Gasteiger partial charge in [0.05, 0.1) is 64.4 Å². The normalized spacial score (nSPS) is 30.6. The van der Waals surface area contributed by atoms with E-state index in [0.29, 0.717) is 49.8 Å². The van der Waals surface area contributed by atoms with E-state index < -0.39 is 21.7 Å². The molecule has 8 heterocycles. The van der Waals surface area contributed by atoms with Crippen molar-refractivity contribution in [2.45, 2.75) is 69.5 Å². The lowest BCUT2D eigenvalue weighted by Gasteiger charge is -2.34. The second-order valence-electron chi connectivity index (χ2n) is 18.1. The highest BCUT2D eigenvalue weighted by molar-refractivity contribution is 14.1. The average Bonchev–Trinajstić information content (AvgIpc) is 4.20. The summed E-state index contributed by atoms with van der Waals surface area (Å²) in [6, 6.07) is 30.8. The van der Waals surface area contributed by atoms with Crippen LogP contribution >= 0.6 is 45.2 Å². The smallest absolute Gasteiger partial charge is 0.237 e. The van der Waals surface area contributed by atoms with E-state index in [2.05, 4.69) is 86.5 Å². The molecule has 20 heteroatoms. The van der Waals surface area contributed by atoms with Crippen LogP contribution in [0.25, 0.3) is 20.9 Å². The number of anilines is 4. The zero-order valence-corrected chi connectivity index (χ0v) is 41.1. The number of fused-ring (bicyclic) bond motifs is 8. The van der Waals surface area contributed by atoms with Gasteiger partial charge in [0.25, 0.3) is 0 Å². The van der Waals surface area contributed by atoms with Crippen LogP contribution in [0.4, 0.5) is 22.7 Å². The van der Waals surface area contributed by atoms with Crippen molar-refractivity contribution in [1.29, 1.82) is 0 Å². The monoisotopic (exact) mass is 1150 g/mol. The number of alkyl halides is 2. The lowest BCUT2D eigenvalue weighted by Crippen LogP contribution is -2.46. The largest absolute Gasteiger partial charge is 0.380 e. The first-order valence-corrected chi connectivity index (χ1v) is 25.1. The molecule has 8 aliphatic heterocycles. The summed E-state index contributed by atoms with van der Waals surface area (Å²) >= 11 is 4.67. The van der Waals surface area contributed by atoms with Crippen LogP contribution in [-0.4, -0.2) is 96.4 Å². The number of azide groups is 2. The number of nitrogens with zero attached hydrogens (tertiary/aromatic N) is 6. The summed E-state index contributed by atoms with van der Waals surface area (Å²) in [4.78, 5) is 54.2. The third kappa shape index (κ3) is 8.69. The number of nitrogens with one attached hydrogen (secondary N) is 4. The summed E-state index contributed by atoms with van der Waals surface area (Å²) in [5.74, 6) is 0.102. The van der Waals surface area contributed by atoms with Gasteiger partial charge in [-0.05, 0) is 83.3 Å². The Balaban J connectivity index is 0.000000113. The molecule has 0 radical (unpaired) electrons. The first-order chi connectivity index (χ1) is 33.0. The predicted octanol–water partition coefficient (Wildman–Crippen LogP) is 8.15. The number of para-hydroxylation sites is 4. The van der Waals surface area contributed by atoms with Crippen molar-refractivity contribution in [2.75, 3.05) is 71.9 Å². The van der Waals surface area contributed by atoms with Gasteiger partial charge in [0, 0.05) is 40.9 Å². The topological polar surface area (TPSA) is 251 Å². The van der Waals surface area contributed by atoms with E-state index in [4.69, 9.17) is 30.0 Å². The Kier molecular flexibility index (Phi) is 14.0. The van der Waals surface area contributed by atoms with Crippen LogP contribution in [0.1, 0.15) is 47.9 Å². The van der Waals surface area contributed by atoms with Crippen molar-refractivity contribution in [3.05, 3.63) is 140 Å². The summed E-state index contributed by atoms with van der Waals surface area (Å²) in [7, 11) is 0. The number of carbonyl (C=O) groups excluding carboxylic acids is 4. The Bertz CT molecular complexity index is 2740. The van der Waals surface area contributed by atoms with Gasteiger partial charge in [-0.1, -0.05) is 128 Å². The van der Waals surface area contributed by atoms with Gasteiger partial charge in [-0.15, -0.1) is 0 Å². The molecule has 0 aliphatic carbocycles. The standard InChI is InChI=1S/2C12H12INO2.2C12H12N4O2/c13-8-5-12(7-16-6-8)9-3-1-2-4-10(9)14-11(12)15;13-6-8-5-12(7-16-8)9-3-1-2-4-10(9)14-11(12)15;13-16-15-8-5-12(7-18-6-8)9-3-1-2-4-10(9)14-11(12)17;13-16-14-6-8-5-12(7-18-8)9-3-1-2-4-10(9)15-11(12)17/h2*1-4,8H,5-7H2,(H,14,15);1-4,8H,5-7H2,(H,14,17);1-4,8H,5-7H2,(H,15,17). The van der Waals surface area contributed by atoms with Crippen molar-refractivity contribution >= 4 is 91.6 Å². The van der Waals surface area contributed by atoms with E-state index in [1.54, 1.807) is 0 Å². The Morgan fingerprint density at radius 2 is 0.941 bits per heavy atom. The number of amides is 4. The minimum Gasteiger partial charge on any atom is -0.380 e. The Morgan fingerprint density at radius 1 is 0.544 bits per heavy atom. The van der Waals surface area contributed by atoms with Crippen LogP contribution in [0, 0.1) is 0 Å². The van der Waals surface area contributed by atoms with E-state index in [1.807, 2.05) is 97.1 Å². The molecule has 0 aromatic heterocycles. The second kappa shape index (κ2) is 20.0. The molecule has 0 bridgehead atoms. The van der Waals surface area contributed by atoms with Gasteiger partial charge in [-0.2, -0.15) is 0 Å². The van der Waals surface area contributed by atoms with E-state index in [0.717, 1.165) is 68.9 Å². The van der Waals surface area contributed by atoms with Crippen molar-refractivity contribution in [3.63, 3.8) is 0 Å². The van der Waals surface area contributed by atoms with E-state index >= 15 is 0 Å². The maximum Gasteiger partial charge on any atom is 0.237 e. The second-order valence-corrected chi connectivity index (χ2v) is 20.7. The molecule has 4 aromatic carbocycles. The lowest BCUT2D eigenvalue weighted by molar-refractivity contribution is -0.126. The summed E-state index contributed by atoms with van der Waals surface area (Å²) in [6.45, 7) is 3.11. The van der Waals surface area contributed by atoms with Crippen molar-refractivity contribution in [1.82, 2.24) is 0 Å². The number of carbonyl (C=O) groups is 4. The molecule has 352 valence electrons. The lowest BCUT2D eigenvalue weighted by atomic mass is 9.76. The maximum atomic E-state index is 12.2. The third-order valence-corrected chi connectivity index (χ3v) is 15.8. The molecule has 4 aromatic rings. The number of ether oxygens (including phenoxy) is 4. The number of hydrogen-bond donors (Lipinski definition) is 4. The summed E-state index contributed by atoms with van der Waals surface area (Å²) in [5, 5.41) is 18.9. The van der Waals surface area contributed by atoms with Gasteiger partial charge in [0.1, 0.15) is 21.7 Å². The fraction of sp³-hybridized carbons (Fsp3) is 0.417. The van der Waals surface area contributed by atoms with Crippen LogP contribution in [-0.2, 0) is 59.8 Å². The summed E-state index contributed by atoms with van der Waals surface area (Å²) in [5.41, 5.74) is 22.4. The number of hydrogen-bond acceptors (Lipinski definition) is 10. The number of halogens is 2. The molecule has 68 heavy (non-hydrogen) atoms. The Morgan fingerprint density at radius 3 is 1.35 bits per heavy atom. The van der Waals surface area contributed by atoms with Crippen LogP contribution in [0.3, 0.4) is 0 Å². The SMILES string of the molecule is O=C1Nc2ccccc2C12COC(CI)C2.O=C1Nc2ccccc2C12COCC(I)C2.[N-]=[N+]=NC1COCC2(C1)C(=O)Nc1ccccc12.[N-]=[N+]=NCC1CC2(CO1)C(=O)Nc1ccccc12. The highest BCUT2D eigenvalue weighted by Crippen LogP contribution is 2.48. The highest BCUT2D eigenvalue weighted by Gasteiger charge is 2.54. The van der Waals surface area contributed by atoms with Crippen molar-refractivity contribution in [2.24, 2.45) is 10.2 Å². The first-order valence-electron chi connectivity index (χ1n) is 22.3. The number of rotatable bonds is 4. The predicted molar refractivity (Wildman–Crippen MR) is 270 cm³/mol. The molecular weight excluding hydrogens is 1100 g/mol. The van der Waals surface area contributed by atoms with E-state index in [9.17, 15) is 19.2 Å². The fourth-order valence-corrected chi connectivity index (χ4v) is 12.2. The van der Waals surface area contributed by atoms with Gasteiger partial charge in [-0.25, -0.2) is 0 Å².